The molecule has 0 aromatic heterocycles. The first-order valence-corrected chi connectivity index (χ1v) is 8.91. The van der Waals surface area contributed by atoms with Crippen LogP contribution in [0.1, 0.15) is 6.92 Å². The van der Waals surface area contributed by atoms with E-state index in [0.717, 1.165) is 24.3 Å². The third kappa shape index (κ3) is 4.28. The molecule has 0 unspecified atom stereocenters. The highest BCUT2D eigenvalue weighted by Gasteiger charge is 2.27. The summed E-state index contributed by atoms with van der Waals surface area (Å²) >= 11 is 0. The average Bonchev–Trinajstić information content (AvgIpc) is 2.60. The molecule has 0 heterocycles. The number of nitro groups is 1. The number of non-ortho nitro benzene ring substituents is 1. The fourth-order valence-corrected chi connectivity index (χ4v) is 3.59. The first kappa shape index (κ1) is 19.2. The van der Waals surface area contributed by atoms with Gasteiger partial charge in [-0.15, -0.1) is 0 Å². The normalized spacial score (nSPS) is 11.0. The molecule has 138 valence electrons. The molecule has 2 rings (SSSR count). The minimum atomic E-state index is -4.23. The van der Waals surface area contributed by atoms with Crippen LogP contribution in [0.2, 0.25) is 0 Å². The maximum absolute atomic E-state index is 12.8. The molecular formula is C16H16N2O7S. The van der Waals surface area contributed by atoms with Crippen LogP contribution in [-0.4, -0.2) is 37.6 Å². The van der Waals surface area contributed by atoms with Crippen molar-refractivity contribution in [3.05, 3.63) is 58.6 Å². The first-order valence-electron chi connectivity index (χ1n) is 7.47. The number of carboxylic acid groups (broad SMARTS) is 1. The standard InChI is InChI=1S/C16H16N2O7S/c1-2-25-14-7-3-12(4-8-14)17(11-16(19)20)26(23,24)15-9-5-13(6-10-15)18(21)22/h3-10H,2,11H2,1H3,(H,19,20). The molecule has 1 N–H and O–H groups in total. The van der Waals surface area contributed by atoms with Crippen molar-refractivity contribution in [2.75, 3.05) is 17.5 Å². The highest BCUT2D eigenvalue weighted by atomic mass is 32.2. The molecule has 0 aliphatic carbocycles. The molecule has 9 nitrogen and oxygen atoms in total. The Morgan fingerprint density at radius 3 is 2.19 bits per heavy atom. The molecule has 0 saturated heterocycles. The van der Waals surface area contributed by atoms with Gasteiger partial charge in [-0.05, 0) is 43.3 Å². The lowest BCUT2D eigenvalue weighted by Gasteiger charge is -2.23. The van der Waals surface area contributed by atoms with Gasteiger partial charge in [0.1, 0.15) is 12.3 Å². The zero-order chi connectivity index (χ0) is 19.3. The van der Waals surface area contributed by atoms with Gasteiger partial charge in [-0.1, -0.05) is 0 Å². The van der Waals surface area contributed by atoms with Crippen LogP contribution in [0.4, 0.5) is 11.4 Å². The van der Waals surface area contributed by atoms with Crippen molar-refractivity contribution in [1.82, 2.24) is 0 Å². The van der Waals surface area contributed by atoms with Crippen molar-refractivity contribution < 1.29 is 28.0 Å². The van der Waals surface area contributed by atoms with Crippen LogP contribution in [0.5, 0.6) is 5.75 Å². The smallest absolute Gasteiger partial charge is 0.324 e. The molecular weight excluding hydrogens is 364 g/mol. The summed E-state index contributed by atoms with van der Waals surface area (Å²) in [7, 11) is -4.23. The van der Waals surface area contributed by atoms with Crippen LogP contribution in [0.3, 0.4) is 0 Å². The lowest BCUT2D eigenvalue weighted by Crippen LogP contribution is -2.35. The van der Waals surface area contributed by atoms with E-state index < -0.39 is 27.5 Å². The maximum Gasteiger partial charge on any atom is 0.324 e. The van der Waals surface area contributed by atoms with Gasteiger partial charge in [0.2, 0.25) is 0 Å². The van der Waals surface area contributed by atoms with E-state index in [-0.39, 0.29) is 16.3 Å². The molecule has 10 heteroatoms. The molecule has 0 saturated carbocycles. The van der Waals surface area contributed by atoms with Crippen molar-refractivity contribution >= 4 is 27.4 Å². The minimum Gasteiger partial charge on any atom is -0.494 e. The van der Waals surface area contributed by atoms with E-state index in [0.29, 0.717) is 16.7 Å². The Balaban J connectivity index is 2.43. The number of rotatable bonds is 8. The summed E-state index contributed by atoms with van der Waals surface area (Å²) < 4.78 is 31.6. The summed E-state index contributed by atoms with van der Waals surface area (Å²) in [4.78, 5) is 21.0. The predicted octanol–water partition coefficient (Wildman–Crippen LogP) is 2.27. The molecule has 0 bridgehead atoms. The number of aliphatic carboxylic acids is 1. The van der Waals surface area contributed by atoms with Crippen LogP contribution in [0.15, 0.2) is 53.4 Å². The Kier molecular flexibility index (Phi) is 5.78. The molecule has 0 spiro atoms. The van der Waals surface area contributed by atoms with Crippen LogP contribution >= 0.6 is 0 Å². The number of benzene rings is 2. The van der Waals surface area contributed by atoms with Crippen LogP contribution in [-0.2, 0) is 14.8 Å². The second-order valence-corrected chi connectivity index (χ2v) is 6.95. The molecule has 2 aromatic carbocycles. The number of sulfonamides is 1. The molecule has 2 aromatic rings. The average molecular weight is 380 g/mol. The Hall–Kier alpha value is -3.14. The van der Waals surface area contributed by atoms with Crippen molar-refractivity contribution in [3.8, 4) is 5.75 Å². The lowest BCUT2D eigenvalue weighted by atomic mass is 10.3. The van der Waals surface area contributed by atoms with Crippen LogP contribution in [0.25, 0.3) is 0 Å². The topological polar surface area (TPSA) is 127 Å². The highest BCUT2D eigenvalue weighted by molar-refractivity contribution is 7.92. The van der Waals surface area contributed by atoms with Gasteiger partial charge >= 0.3 is 5.97 Å². The SMILES string of the molecule is CCOc1ccc(N(CC(=O)O)S(=O)(=O)c2ccc([N+](=O)[O-])cc2)cc1. The van der Waals surface area contributed by atoms with Crippen molar-refractivity contribution in [3.63, 3.8) is 0 Å². The van der Waals surface area contributed by atoms with Crippen molar-refractivity contribution in [2.45, 2.75) is 11.8 Å². The van der Waals surface area contributed by atoms with Gasteiger partial charge in [0.15, 0.2) is 0 Å². The molecule has 26 heavy (non-hydrogen) atoms. The second-order valence-electron chi connectivity index (χ2n) is 5.08. The van der Waals surface area contributed by atoms with Gasteiger partial charge in [-0.3, -0.25) is 19.2 Å². The Morgan fingerprint density at radius 1 is 1.15 bits per heavy atom. The van der Waals surface area contributed by atoms with E-state index in [1.807, 2.05) is 0 Å². The van der Waals surface area contributed by atoms with E-state index in [9.17, 15) is 23.3 Å². The Labute approximate surface area is 149 Å². The summed E-state index contributed by atoms with van der Waals surface area (Å²) in [6.07, 6.45) is 0. The van der Waals surface area contributed by atoms with E-state index >= 15 is 0 Å². The maximum atomic E-state index is 12.8. The number of ether oxygens (including phenoxy) is 1. The fraction of sp³-hybridized carbons (Fsp3) is 0.188. The van der Waals surface area contributed by atoms with Gasteiger partial charge in [0, 0.05) is 12.1 Å². The van der Waals surface area contributed by atoms with Gasteiger partial charge in [-0.2, -0.15) is 0 Å². The quantitative estimate of drug-likeness (QED) is 0.550. The summed E-state index contributed by atoms with van der Waals surface area (Å²) in [6.45, 7) is 1.43. The largest absolute Gasteiger partial charge is 0.494 e. The highest BCUT2D eigenvalue weighted by Crippen LogP contribution is 2.26. The predicted molar refractivity (Wildman–Crippen MR) is 92.9 cm³/mol. The molecule has 0 aliphatic heterocycles. The summed E-state index contributed by atoms with van der Waals surface area (Å²) in [5.41, 5.74) is -0.135. The van der Waals surface area contributed by atoms with Crippen LogP contribution in [0, 0.1) is 10.1 Å². The van der Waals surface area contributed by atoms with Crippen molar-refractivity contribution in [1.29, 1.82) is 0 Å². The molecule has 0 fully saturated rings. The molecule has 0 aliphatic rings. The van der Waals surface area contributed by atoms with E-state index in [2.05, 4.69) is 0 Å². The zero-order valence-corrected chi connectivity index (χ0v) is 14.5. The summed E-state index contributed by atoms with van der Waals surface area (Å²) in [5, 5.41) is 19.8. The molecule has 0 amide bonds. The number of nitro benzene ring substituents is 1. The monoisotopic (exact) mass is 380 g/mol. The minimum absolute atomic E-state index is 0.134. The van der Waals surface area contributed by atoms with Gasteiger partial charge < -0.3 is 9.84 Å². The Bertz CT molecular complexity index is 893. The second kappa shape index (κ2) is 7.83. The van der Waals surface area contributed by atoms with Gasteiger partial charge in [-0.25, -0.2) is 8.42 Å². The number of nitrogens with zero attached hydrogens (tertiary/aromatic N) is 2. The zero-order valence-electron chi connectivity index (χ0n) is 13.7. The first-order chi connectivity index (χ1) is 12.3. The Morgan fingerprint density at radius 2 is 1.73 bits per heavy atom. The van der Waals surface area contributed by atoms with Gasteiger partial charge in [0.05, 0.1) is 22.1 Å². The van der Waals surface area contributed by atoms with E-state index in [1.165, 1.54) is 24.3 Å². The van der Waals surface area contributed by atoms with Gasteiger partial charge in [0.25, 0.3) is 15.7 Å². The van der Waals surface area contributed by atoms with Crippen LogP contribution < -0.4 is 9.04 Å². The lowest BCUT2D eigenvalue weighted by molar-refractivity contribution is -0.384. The number of carboxylic acids is 1. The third-order valence-corrected chi connectivity index (χ3v) is 5.14. The number of hydrogen-bond donors (Lipinski definition) is 1. The number of hydrogen-bond acceptors (Lipinski definition) is 6. The van der Waals surface area contributed by atoms with E-state index in [4.69, 9.17) is 9.84 Å². The van der Waals surface area contributed by atoms with E-state index in [1.54, 1.807) is 6.92 Å². The fourth-order valence-electron chi connectivity index (χ4n) is 2.18. The molecule has 0 atom stereocenters. The number of anilines is 1. The van der Waals surface area contributed by atoms with Crippen molar-refractivity contribution in [2.24, 2.45) is 0 Å². The number of carbonyl (C=O) groups is 1. The summed E-state index contributed by atoms with van der Waals surface area (Å²) in [5.74, 6) is -0.830. The summed E-state index contributed by atoms with van der Waals surface area (Å²) in [6, 6.07) is 10.1. The third-order valence-electron chi connectivity index (χ3n) is 3.35. The molecule has 0 radical (unpaired) electrons.